The van der Waals surface area contributed by atoms with Crippen LogP contribution in [-0.2, 0) is 21.8 Å². The third-order valence-electron chi connectivity index (χ3n) is 5.50. The zero-order valence-corrected chi connectivity index (χ0v) is 16.4. The zero-order valence-electron chi connectivity index (χ0n) is 15.6. The smallest absolute Gasteiger partial charge is 0.258 e. The van der Waals surface area contributed by atoms with Crippen molar-refractivity contribution in [3.63, 3.8) is 0 Å². The highest BCUT2D eigenvalue weighted by Gasteiger charge is 2.50. The Hall–Kier alpha value is -2.30. The van der Waals surface area contributed by atoms with Crippen LogP contribution in [0.3, 0.4) is 0 Å². The van der Waals surface area contributed by atoms with Crippen LogP contribution in [0.1, 0.15) is 18.4 Å². The SMILES string of the molecule is Cc1cc(F)c2[nH]c(S(=O)(=O)N3CCOC4(CC4)C3)cc2c1-c1ncn(C)n1. The Morgan fingerprint density at radius 1 is 1.32 bits per heavy atom. The molecule has 2 aliphatic rings. The second kappa shape index (κ2) is 5.85. The third kappa shape index (κ3) is 2.66. The molecule has 8 nitrogen and oxygen atoms in total. The van der Waals surface area contributed by atoms with Crippen LogP contribution < -0.4 is 0 Å². The Balaban J connectivity index is 1.64. The number of hydrogen-bond donors (Lipinski definition) is 1. The maximum atomic E-state index is 14.6. The van der Waals surface area contributed by atoms with E-state index >= 15 is 0 Å². The number of H-pyrrole nitrogens is 1. The van der Waals surface area contributed by atoms with Gasteiger partial charge in [0.25, 0.3) is 10.0 Å². The van der Waals surface area contributed by atoms with Gasteiger partial charge in [-0.3, -0.25) is 4.68 Å². The lowest BCUT2D eigenvalue weighted by molar-refractivity contribution is -0.0202. The summed E-state index contributed by atoms with van der Waals surface area (Å²) in [4.78, 5) is 7.04. The molecule has 3 heterocycles. The van der Waals surface area contributed by atoms with Gasteiger partial charge in [-0.05, 0) is 37.5 Å². The van der Waals surface area contributed by atoms with Crippen LogP contribution in [0.2, 0.25) is 0 Å². The lowest BCUT2D eigenvalue weighted by Crippen LogP contribution is -2.46. The number of aromatic amines is 1. The second-order valence-electron chi connectivity index (χ2n) is 7.58. The van der Waals surface area contributed by atoms with E-state index < -0.39 is 15.8 Å². The molecule has 1 N–H and O–H groups in total. The molecule has 0 amide bonds. The molecule has 28 heavy (non-hydrogen) atoms. The Morgan fingerprint density at radius 2 is 2.11 bits per heavy atom. The van der Waals surface area contributed by atoms with E-state index in [4.69, 9.17) is 4.74 Å². The maximum absolute atomic E-state index is 14.6. The molecule has 1 saturated heterocycles. The Morgan fingerprint density at radius 3 is 2.79 bits per heavy atom. The molecule has 1 aliphatic carbocycles. The molecule has 1 aliphatic heterocycles. The number of fused-ring (bicyclic) bond motifs is 1. The number of morpholine rings is 1. The molecule has 3 aromatic rings. The summed E-state index contributed by atoms with van der Waals surface area (Å²) in [5.74, 6) is -0.0782. The van der Waals surface area contributed by atoms with Crippen molar-refractivity contribution in [1.29, 1.82) is 0 Å². The van der Waals surface area contributed by atoms with E-state index in [-0.39, 0.29) is 22.7 Å². The van der Waals surface area contributed by atoms with Gasteiger partial charge in [-0.1, -0.05) is 0 Å². The number of halogens is 1. The van der Waals surface area contributed by atoms with E-state index in [1.165, 1.54) is 16.4 Å². The topological polar surface area (TPSA) is 93.1 Å². The van der Waals surface area contributed by atoms with E-state index in [9.17, 15) is 12.8 Å². The molecule has 0 radical (unpaired) electrons. The van der Waals surface area contributed by atoms with Crippen molar-refractivity contribution in [3.05, 3.63) is 29.8 Å². The van der Waals surface area contributed by atoms with E-state index in [1.54, 1.807) is 25.0 Å². The number of ether oxygens (including phenoxy) is 1. The first kappa shape index (κ1) is 17.8. The Bertz CT molecular complexity index is 1200. The quantitative estimate of drug-likeness (QED) is 0.719. The van der Waals surface area contributed by atoms with Crippen LogP contribution in [-0.4, -0.2) is 57.8 Å². The fraction of sp³-hybridized carbons (Fsp3) is 0.444. The molecule has 1 saturated carbocycles. The average Bonchev–Trinajstić information content (AvgIpc) is 3.06. The van der Waals surface area contributed by atoms with Gasteiger partial charge in [0.15, 0.2) is 5.82 Å². The molecule has 2 aromatic heterocycles. The molecule has 0 unspecified atom stereocenters. The Kier molecular flexibility index (Phi) is 3.71. The van der Waals surface area contributed by atoms with Crippen molar-refractivity contribution in [1.82, 2.24) is 24.1 Å². The van der Waals surface area contributed by atoms with Gasteiger partial charge in [0.1, 0.15) is 17.2 Å². The van der Waals surface area contributed by atoms with Crippen molar-refractivity contribution in [2.45, 2.75) is 30.4 Å². The predicted molar refractivity (Wildman–Crippen MR) is 99.7 cm³/mol. The van der Waals surface area contributed by atoms with Gasteiger partial charge in [0, 0.05) is 31.1 Å². The molecule has 0 bridgehead atoms. The highest BCUT2D eigenvalue weighted by atomic mass is 32.2. The standard InChI is InChI=1S/C18H20FN5O3S/c1-11-7-13(19)16-12(15(11)17-20-10-23(2)22-17)8-14(21-16)28(25,26)24-5-6-27-18(9-24)3-4-18/h7-8,10,21H,3-6,9H2,1-2H3. The first-order valence-electron chi connectivity index (χ1n) is 9.11. The number of nitrogens with one attached hydrogen (secondary N) is 1. The normalized spacial score (nSPS) is 19.5. The number of benzene rings is 1. The number of aromatic nitrogens is 4. The number of aryl methyl sites for hydroxylation is 2. The fourth-order valence-corrected chi connectivity index (χ4v) is 5.34. The van der Waals surface area contributed by atoms with Crippen molar-refractivity contribution >= 4 is 20.9 Å². The minimum atomic E-state index is -3.79. The summed E-state index contributed by atoms with van der Waals surface area (Å²) in [5, 5.41) is 4.73. The molecular weight excluding hydrogens is 385 g/mol. The number of nitrogens with zero attached hydrogens (tertiary/aromatic N) is 4. The second-order valence-corrected chi connectivity index (χ2v) is 9.49. The molecule has 0 atom stereocenters. The summed E-state index contributed by atoms with van der Waals surface area (Å²) in [5.41, 5.74) is 1.07. The van der Waals surface area contributed by atoms with Gasteiger partial charge in [0.05, 0.1) is 17.7 Å². The Labute approximate surface area is 161 Å². The van der Waals surface area contributed by atoms with E-state index in [0.29, 0.717) is 35.5 Å². The number of hydrogen-bond acceptors (Lipinski definition) is 5. The molecule has 2 fully saturated rings. The van der Waals surface area contributed by atoms with E-state index in [0.717, 1.165) is 12.8 Å². The van der Waals surface area contributed by atoms with Crippen molar-refractivity contribution in [2.75, 3.05) is 19.7 Å². The monoisotopic (exact) mass is 405 g/mol. The molecule has 148 valence electrons. The average molecular weight is 405 g/mol. The summed E-state index contributed by atoms with van der Waals surface area (Å²) in [6.45, 7) is 2.75. The molecule has 5 rings (SSSR count). The van der Waals surface area contributed by atoms with Gasteiger partial charge >= 0.3 is 0 Å². The number of rotatable bonds is 3. The first-order valence-corrected chi connectivity index (χ1v) is 10.6. The van der Waals surface area contributed by atoms with Gasteiger partial charge in [-0.25, -0.2) is 17.8 Å². The lowest BCUT2D eigenvalue weighted by Gasteiger charge is -2.31. The highest BCUT2D eigenvalue weighted by molar-refractivity contribution is 7.89. The summed E-state index contributed by atoms with van der Waals surface area (Å²) in [7, 11) is -2.05. The van der Waals surface area contributed by atoms with Gasteiger partial charge in [-0.15, -0.1) is 0 Å². The highest BCUT2D eigenvalue weighted by Crippen LogP contribution is 2.43. The summed E-state index contributed by atoms with van der Waals surface area (Å²) >= 11 is 0. The van der Waals surface area contributed by atoms with Crippen molar-refractivity contribution in [3.8, 4) is 11.4 Å². The minimum absolute atomic E-state index is 0.0260. The maximum Gasteiger partial charge on any atom is 0.258 e. The van der Waals surface area contributed by atoms with Crippen LogP contribution in [0.4, 0.5) is 4.39 Å². The van der Waals surface area contributed by atoms with E-state index in [2.05, 4.69) is 15.1 Å². The number of sulfonamides is 1. The van der Waals surface area contributed by atoms with E-state index in [1.807, 2.05) is 0 Å². The van der Waals surface area contributed by atoms with Crippen LogP contribution in [0.5, 0.6) is 0 Å². The summed E-state index contributed by atoms with van der Waals surface area (Å²) in [6, 6.07) is 2.86. The zero-order chi connectivity index (χ0) is 19.7. The molecular formula is C18H20FN5O3S. The van der Waals surface area contributed by atoms with Crippen molar-refractivity contribution in [2.24, 2.45) is 7.05 Å². The molecule has 1 spiro atoms. The van der Waals surface area contributed by atoms with Gasteiger partial charge in [0.2, 0.25) is 0 Å². The molecule has 1 aromatic carbocycles. The van der Waals surface area contributed by atoms with Crippen LogP contribution in [0.25, 0.3) is 22.3 Å². The van der Waals surface area contributed by atoms with Crippen LogP contribution >= 0.6 is 0 Å². The van der Waals surface area contributed by atoms with Crippen molar-refractivity contribution < 1.29 is 17.5 Å². The largest absolute Gasteiger partial charge is 0.372 e. The lowest BCUT2D eigenvalue weighted by atomic mass is 10.0. The minimum Gasteiger partial charge on any atom is -0.372 e. The third-order valence-corrected chi connectivity index (χ3v) is 7.27. The fourth-order valence-electron chi connectivity index (χ4n) is 3.85. The molecule has 10 heteroatoms. The summed E-state index contributed by atoms with van der Waals surface area (Å²) < 4.78 is 49.7. The van der Waals surface area contributed by atoms with Gasteiger partial charge < -0.3 is 9.72 Å². The first-order chi connectivity index (χ1) is 13.3. The van der Waals surface area contributed by atoms with Crippen LogP contribution in [0.15, 0.2) is 23.5 Å². The predicted octanol–water partition coefficient (Wildman–Crippen LogP) is 1.96. The summed E-state index contributed by atoms with van der Waals surface area (Å²) in [6.07, 6.45) is 3.29. The van der Waals surface area contributed by atoms with Crippen LogP contribution in [0, 0.1) is 12.7 Å². The van der Waals surface area contributed by atoms with Gasteiger partial charge in [-0.2, -0.15) is 9.40 Å².